The number of carbonyl (C=O) groups excluding carboxylic acids is 1. The molecule has 0 bridgehead atoms. The fourth-order valence-electron chi connectivity index (χ4n) is 3.64. The predicted molar refractivity (Wildman–Crippen MR) is 125 cm³/mol. The van der Waals surface area contributed by atoms with Crippen LogP contribution in [0.4, 0.5) is 18.9 Å². The van der Waals surface area contributed by atoms with Crippen molar-refractivity contribution < 1.29 is 22.7 Å². The van der Waals surface area contributed by atoms with Gasteiger partial charge in [0.1, 0.15) is 11.5 Å². The molecule has 0 fully saturated rings. The Morgan fingerprint density at radius 1 is 1.32 bits per heavy atom. The Hall–Kier alpha value is -3.26. The van der Waals surface area contributed by atoms with Gasteiger partial charge in [0.15, 0.2) is 11.3 Å². The van der Waals surface area contributed by atoms with E-state index in [2.05, 4.69) is 26.2 Å². The molecule has 180 valence electrons. The third-order valence-corrected chi connectivity index (χ3v) is 7.24. The third kappa shape index (κ3) is 4.82. The number of hydrogen-bond acceptors (Lipinski definition) is 7. The molecule has 1 amide bonds. The molecule has 0 saturated heterocycles. The molecule has 0 unspecified atom stereocenters. The van der Waals surface area contributed by atoms with Gasteiger partial charge in [0.25, 0.3) is 12.3 Å². The highest BCUT2D eigenvalue weighted by atomic mass is 32.2. The maximum atomic E-state index is 14.9. The molecule has 0 saturated carbocycles. The average molecular weight is 492 g/mol. The highest BCUT2D eigenvalue weighted by Crippen LogP contribution is 2.52. The van der Waals surface area contributed by atoms with Gasteiger partial charge in [-0.15, -0.1) is 6.42 Å². The summed E-state index contributed by atoms with van der Waals surface area (Å²) in [6.45, 7) is 6.17. The van der Waals surface area contributed by atoms with Crippen molar-refractivity contribution in [1.29, 1.82) is 0 Å². The van der Waals surface area contributed by atoms with Crippen LogP contribution in [-0.4, -0.2) is 38.3 Å². The second-order valence-corrected chi connectivity index (χ2v) is 9.72. The summed E-state index contributed by atoms with van der Waals surface area (Å²) in [6.07, 6.45) is 4.47. The van der Waals surface area contributed by atoms with Crippen LogP contribution >= 0.6 is 11.8 Å². The maximum absolute atomic E-state index is 14.9. The number of nitrogens with one attached hydrogen (secondary N) is 1. The molecule has 0 aliphatic carbocycles. The van der Waals surface area contributed by atoms with Crippen molar-refractivity contribution in [2.24, 2.45) is 16.6 Å². The van der Waals surface area contributed by atoms with Gasteiger partial charge >= 0.3 is 0 Å². The smallest absolute Gasteiger partial charge is 0.275 e. The second-order valence-electron chi connectivity index (χ2n) is 8.22. The summed E-state index contributed by atoms with van der Waals surface area (Å²) in [6, 6.07) is 3.85. The summed E-state index contributed by atoms with van der Waals surface area (Å²) < 4.78 is 46.5. The molecule has 2 aromatic rings. The molecular formula is C23H24F3N5O2S. The van der Waals surface area contributed by atoms with Crippen molar-refractivity contribution in [3.8, 4) is 18.2 Å². The van der Waals surface area contributed by atoms with Crippen LogP contribution in [-0.2, 0) is 5.54 Å². The lowest BCUT2D eigenvalue weighted by Crippen LogP contribution is -2.52. The normalized spacial score (nSPS) is 25.3. The summed E-state index contributed by atoms with van der Waals surface area (Å²) in [7, 11) is 0. The van der Waals surface area contributed by atoms with Crippen LogP contribution < -0.4 is 15.8 Å². The number of hydrogen-bond donors (Lipinski definition) is 2. The number of nitrogens with two attached hydrogens (primary N) is 1. The Balaban J connectivity index is 1.89. The predicted octanol–water partition coefficient (Wildman–Crippen LogP) is 4.21. The Kier molecular flexibility index (Phi) is 7.12. The number of anilines is 1. The monoisotopic (exact) mass is 491 g/mol. The quantitative estimate of drug-likeness (QED) is 0.587. The maximum Gasteiger partial charge on any atom is 0.275 e. The molecule has 0 radical (unpaired) electrons. The van der Waals surface area contributed by atoms with Gasteiger partial charge in [-0.2, -0.15) is 0 Å². The minimum atomic E-state index is -2.72. The van der Waals surface area contributed by atoms with Crippen molar-refractivity contribution in [3.05, 3.63) is 47.7 Å². The van der Waals surface area contributed by atoms with E-state index in [0.29, 0.717) is 0 Å². The van der Waals surface area contributed by atoms with Crippen LogP contribution in [0.3, 0.4) is 0 Å². The number of amidine groups is 1. The van der Waals surface area contributed by atoms with E-state index in [4.69, 9.17) is 16.9 Å². The summed E-state index contributed by atoms with van der Waals surface area (Å²) in [5.74, 6) is 0.476. The van der Waals surface area contributed by atoms with Crippen molar-refractivity contribution >= 4 is 28.5 Å². The number of benzene rings is 1. The SMILES string of the molecule is C#C[C@H](C)Oc1cnc(C(=O)Nc2ccc(F)c([C@@]3(C)N=C(N)S[C@](C)(C(F)F)[C@H]3C)c2)cn1. The van der Waals surface area contributed by atoms with Gasteiger partial charge in [0.05, 0.1) is 22.7 Å². The number of thioether (sulfide) groups is 1. The van der Waals surface area contributed by atoms with Crippen LogP contribution in [0.5, 0.6) is 5.88 Å². The number of carbonyl (C=O) groups is 1. The highest BCUT2D eigenvalue weighted by Gasteiger charge is 2.54. The molecule has 11 heteroatoms. The van der Waals surface area contributed by atoms with Crippen LogP contribution in [0, 0.1) is 24.1 Å². The van der Waals surface area contributed by atoms with Gasteiger partial charge in [0.2, 0.25) is 5.88 Å². The Morgan fingerprint density at radius 2 is 2.03 bits per heavy atom. The second kappa shape index (κ2) is 9.54. The lowest BCUT2D eigenvalue weighted by Gasteiger charge is -2.46. The molecule has 4 atom stereocenters. The van der Waals surface area contributed by atoms with E-state index < -0.39 is 40.5 Å². The molecule has 1 aromatic heterocycles. The standard InChI is InChI=1S/C23H24F3N5O2S/c1-6-12(2)33-18-11-28-17(10-29-18)19(32)30-14-7-8-16(24)15(9-14)22(4)13(3)23(5,20(25)26)34-21(27)31-22/h1,7-13,20H,2-5H3,(H2,27,31)(H,30,32)/t12-,13-,22-,23-/m0/s1. The van der Waals surface area contributed by atoms with Crippen LogP contribution in [0.15, 0.2) is 35.6 Å². The largest absolute Gasteiger partial charge is 0.460 e. The zero-order valence-corrected chi connectivity index (χ0v) is 19.8. The number of rotatable bonds is 6. The van der Waals surface area contributed by atoms with E-state index >= 15 is 0 Å². The third-order valence-electron chi connectivity index (χ3n) is 5.97. The Bertz CT molecular complexity index is 1150. The van der Waals surface area contributed by atoms with E-state index in [-0.39, 0.29) is 28.0 Å². The summed E-state index contributed by atoms with van der Waals surface area (Å²) in [4.78, 5) is 25.0. The van der Waals surface area contributed by atoms with E-state index in [9.17, 15) is 18.0 Å². The van der Waals surface area contributed by atoms with E-state index in [0.717, 1.165) is 17.8 Å². The number of aliphatic imine (C=N–C) groups is 1. The molecule has 2 heterocycles. The fourth-order valence-corrected chi connectivity index (χ4v) is 4.82. The van der Waals surface area contributed by atoms with Gasteiger partial charge < -0.3 is 15.8 Å². The molecule has 3 rings (SSSR count). The minimum Gasteiger partial charge on any atom is -0.460 e. The van der Waals surface area contributed by atoms with Crippen molar-refractivity contribution in [1.82, 2.24) is 9.97 Å². The van der Waals surface area contributed by atoms with Crippen LogP contribution in [0.1, 0.15) is 43.7 Å². The lowest BCUT2D eigenvalue weighted by atomic mass is 9.74. The molecule has 7 nitrogen and oxygen atoms in total. The molecule has 34 heavy (non-hydrogen) atoms. The van der Waals surface area contributed by atoms with Gasteiger partial charge in [0, 0.05) is 17.2 Å². The first-order valence-corrected chi connectivity index (χ1v) is 11.1. The summed E-state index contributed by atoms with van der Waals surface area (Å²) in [5, 5.41) is 2.55. The topological polar surface area (TPSA) is 102 Å². The number of ether oxygens (including phenoxy) is 1. The first-order valence-electron chi connectivity index (χ1n) is 10.3. The first kappa shape index (κ1) is 25.4. The molecule has 1 aromatic carbocycles. The zero-order chi connectivity index (χ0) is 25.3. The number of alkyl halides is 2. The molecular weight excluding hydrogens is 467 g/mol. The van der Waals surface area contributed by atoms with E-state index in [1.54, 1.807) is 20.8 Å². The zero-order valence-electron chi connectivity index (χ0n) is 19.0. The summed E-state index contributed by atoms with van der Waals surface area (Å²) >= 11 is 0.775. The lowest BCUT2D eigenvalue weighted by molar-refractivity contribution is 0.0573. The number of aromatic nitrogens is 2. The van der Waals surface area contributed by atoms with Crippen molar-refractivity contribution in [2.45, 2.75) is 50.5 Å². The van der Waals surface area contributed by atoms with Crippen LogP contribution in [0.2, 0.25) is 0 Å². The van der Waals surface area contributed by atoms with Crippen molar-refractivity contribution in [3.63, 3.8) is 0 Å². The van der Waals surface area contributed by atoms with Crippen molar-refractivity contribution in [2.75, 3.05) is 5.32 Å². The molecule has 0 spiro atoms. The van der Waals surface area contributed by atoms with Crippen LogP contribution in [0.25, 0.3) is 0 Å². The van der Waals surface area contributed by atoms with Gasteiger partial charge in [-0.1, -0.05) is 24.6 Å². The fraction of sp³-hybridized carbons (Fsp3) is 0.391. The first-order chi connectivity index (χ1) is 15.9. The molecule has 3 N–H and O–H groups in total. The number of halogens is 3. The molecule has 1 aliphatic rings. The van der Waals surface area contributed by atoms with Gasteiger partial charge in [-0.05, 0) is 39.0 Å². The van der Waals surface area contributed by atoms with E-state index in [1.165, 1.54) is 31.5 Å². The number of nitrogens with zero attached hydrogens (tertiary/aromatic N) is 3. The molecule has 1 aliphatic heterocycles. The number of amides is 1. The number of terminal acetylenes is 1. The Labute approximate surface area is 199 Å². The van der Waals surface area contributed by atoms with E-state index in [1.807, 2.05) is 0 Å². The summed E-state index contributed by atoms with van der Waals surface area (Å²) in [5.41, 5.74) is 4.72. The van der Waals surface area contributed by atoms with Gasteiger partial charge in [-0.25, -0.2) is 23.1 Å². The average Bonchev–Trinajstić information content (AvgIpc) is 2.78. The highest BCUT2D eigenvalue weighted by molar-refractivity contribution is 8.15. The minimum absolute atomic E-state index is 0.0206. The Morgan fingerprint density at radius 3 is 2.62 bits per heavy atom. The van der Waals surface area contributed by atoms with Gasteiger partial charge in [-0.3, -0.25) is 9.79 Å².